The van der Waals surface area contributed by atoms with E-state index >= 15 is 0 Å². The maximum absolute atomic E-state index is 12.4. The van der Waals surface area contributed by atoms with Crippen molar-refractivity contribution in [2.45, 2.75) is 68.7 Å². The average Bonchev–Trinajstić information content (AvgIpc) is 2.34. The Labute approximate surface area is 97.3 Å². The molecule has 0 nitrogen and oxygen atoms in total. The molecule has 0 radical (unpaired) electrons. The normalized spacial score (nSPS) is 8.93. The van der Waals surface area contributed by atoms with E-state index in [0.29, 0.717) is 5.57 Å². The van der Waals surface area contributed by atoms with Gasteiger partial charge in [-0.1, -0.05) is 60.6 Å². The third kappa shape index (κ3) is 19.7. The van der Waals surface area contributed by atoms with Crippen molar-refractivity contribution in [3.63, 3.8) is 0 Å². The predicted molar refractivity (Wildman–Crippen MR) is 73.0 cm³/mol. The molecule has 0 N–H and O–H groups in total. The van der Waals surface area contributed by atoms with Crippen LogP contribution in [-0.4, -0.2) is 0 Å². The van der Waals surface area contributed by atoms with Crippen LogP contribution in [0, 0.1) is 0 Å². The van der Waals surface area contributed by atoms with Gasteiger partial charge in [-0.05, 0) is 25.8 Å². The van der Waals surface area contributed by atoms with Gasteiger partial charge >= 0.3 is 0 Å². The highest BCUT2D eigenvalue weighted by Gasteiger charge is 1.96. The van der Waals surface area contributed by atoms with E-state index in [1.54, 1.807) is 6.92 Å². The second-order valence-corrected chi connectivity index (χ2v) is 2.12. The molecule has 0 saturated carbocycles. The van der Waals surface area contributed by atoms with Gasteiger partial charge in [-0.25, -0.2) is 4.39 Å². The minimum atomic E-state index is -0.123. The smallest absolute Gasteiger partial charge is 0.1000 e. The molecule has 0 rings (SSSR count). The summed E-state index contributed by atoms with van der Waals surface area (Å²) in [5.41, 5.74) is 1.58. The molecule has 0 aliphatic rings. The van der Waals surface area contributed by atoms with Crippen molar-refractivity contribution in [3.8, 4) is 0 Å². The molecule has 0 aromatic heterocycles. The molecular weight excluding hydrogens is 187 g/mol. The van der Waals surface area contributed by atoms with Crippen LogP contribution >= 0.6 is 0 Å². The molecule has 0 atom stereocenters. The van der Waals surface area contributed by atoms with Gasteiger partial charge in [0.1, 0.15) is 0 Å². The molecule has 0 unspecified atom stereocenters. The van der Waals surface area contributed by atoms with E-state index in [-0.39, 0.29) is 5.83 Å². The van der Waals surface area contributed by atoms with E-state index in [1.165, 1.54) is 6.92 Å². The van der Waals surface area contributed by atoms with Crippen molar-refractivity contribution < 1.29 is 4.39 Å². The van der Waals surface area contributed by atoms with Crippen LogP contribution in [0.5, 0.6) is 0 Å². The Morgan fingerprint density at radius 1 is 0.933 bits per heavy atom. The van der Waals surface area contributed by atoms with Gasteiger partial charge < -0.3 is 0 Å². The van der Waals surface area contributed by atoms with Crippen LogP contribution in [0.2, 0.25) is 0 Å². The summed E-state index contributed by atoms with van der Waals surface area (Å²) in [5.74, 6) is -0.123. The van der Waals surface area contributed by atoms with Gasteiger partial charge in [0, 0.05) is 0 Å². The van der Waals surface area contributed by atoms with Crippen molar-refractivity contribution in [2.75, 3.05) is 0 Å². The molecule has 0 aromatic carbocycles. The molecule has 15 heavy (non-hydrogen) atoms. The van der Waals surface area contributed by atoms with Crippen LogP contribution in [0.3, 0.4) is 0 Å². The summed E-state index contributed by atoms with van der Waals surface area (Å²) >= 11 is 0. The third-order valence-electron chi connectivity index (χ3n) is 1.47. The van der Waals surface area contributed by atoms with Crippen LogP contribution < -0.4 is 0 Å². The summed E-state index contributed by atoms with van der Waals surface area (Å²) in [5, 5.41) is 0. The zero-order valence-corrected chi connectivity index (χ0v) is 12.3. The molecular formula is C14H31F. The largest absolute Gasteiger partial charge is 0.212 e. The van der Waals surface area contributed by atoms with Crippen LogP contribution in [0.1, 0.15) is 68.7 Å². The maximum Gasteiger partial charge on any atom is 0.1000 e. The first-order valence-electron chi connectivity index (χ1n) is 6.10. The minimum absolute atomic E-state index is 0.123. The van der Waals surface area contributed by atoms with Crippen LogP contribution in [0.15, 0.2) is 23.6 Å². The summed E-state index contributed by atoms with van der Waals surface area (Å²) in [4.78, 5) is 0. The van der Waals surface area contributed by atoms with Gasteiger partial charge in [-0.15, -0.1) is 0 Å². The standard InChI is InChI=1S/C8H13F.3C2H6/c1-5-6(2)7(3)8(4)9;3*1-2/h2,5H2,1,3-4H3;3*1-2H3/b8-7+;;;. The molecule has 1 heteroatoms. The lowest BCUT2D eigenvalue weighted by Gasteiger charge is -2.00. The molecule has 0 fully saturated rings. The number of rotatable bonds is 2. The molecule has 0 amide bonds. The summed E-state index contributed by atoms with van der Waals surface area (Å²) in [6.07, 6.45) is 0.826. The highest BCUT2D eigenvalue weighted by molar-refractivity contribution is 5.27. The zero-order valence-electron chi connectivity index (χ0n) is 12.3. The SMILES string of the molecule is C=C(CC)/C(C)=C(\C)F.CC.CC.CC. The summed E-state index contributed by atoms with van der Waals surface area (Å²) in [7, 11) is 0. The van der Waals surface area contributed by atoms with Crippen molar-refractivity contribution in [3.05, 3.63) is 23.6 Å². The van der Waals surface area contributed by atoms with Crippen LogP contribution in [0.25, 0.3) is 0 Å². The highest BCUT2D eigenvalue weighted by Crippen LogP contribution is 2.15. The van der Waals surface area contributed by atoms with Crippen LogP contribution in [-0.2, 0) is 0 Å². The van der Waals surface area contributed by atoms with Gasteiger partial charge in [-0.3, -0.25) is 0 Å². The van der Waals surface area contributed by atoms with E-state index in [0.717, 1.165) is 12.0 Å². The number of hydrogen-bond donors (Lipinski definition) is 0. The lowest BCUT2D eigenvalue weighted by molar-refractivity contribution is 0.628. The Kier molecular flexibility index (Phi) is 37.2. The third-order valence-corrected chi connectivity index (χ3v) is 1.47. The Bertz CT molecular complexity index is 139. The van der Waals surface area contributed by atoms with Crippen molar-refractivity contribution >= 4 is 0 Å². The summed E-state index contributed by atoms with van der Waals surface area (Å²) in [6, 6.07) is 0. The second-order valence-electron chi connectivity index (χ2n) is 2.12. The monoisotopic (exact) mass is 218 g/mol. The minimum Gasteiger partial charge on any atom is -0.212 e. The van der Waals surface area contributed by atoms with Crippen molar-refractivity contribution in [2.24, 2.45) is 0 Å². The average molecular weight is 218 g/mol. The van der Waals surface area contributed by atoms with E-state index in [9.17, 15) is 4.39 Å². The van der Waals surface area contributed by atoms with E-state index in [1.807, 2.05) is 48.5 Å². The number of halogens is 1. The first kappa shape index (κ1) is 23.9. The van der Waals surface area contributed by atoms with Crippen molar-refractivity contribution in [1.82, 2.24) is 0 Å². The lowest BCUT2D eigenvalue weighted by Crippen LogP contribution is -1.82. The first-order chi connectivity index (χ1) is 7.09. The Morgan fingerprint density at radius 3 is 1.27 bits per heavy atom. The summed E-state index contributed by atoms with van der Waals surface area (Å²) in [6.45, 7) is 20.9. The first-order valence-corrected chi connectivity index (χ1v) is 6.10. The Morgan fingerprint density at radius 2 is 1.20 bits per heavy atom. The van der Waals surface area contributed by atoms with E-state index in [2.05, 4.69) is 6.58 Å². The topological polar surface area (TPSA) is 0 Å². The highest BCUT2D eigenvalue weighted by atomic mass is 19.1. The number of hydrogen-bond acceptors (Lipinski definition) is 0. The van der Waals surface area contributed by atoms with Gasteiger partial charge in [-0.2, -0.15) is 0 Å². The Hall–Kier alpha value is -0.590. The lowest BCUT2D eigenvalue weighted by atomic mass is 10.1. The van der Waals surface area contributed by atoms with Gasteiger partial charge in [0.2, 0.25) is 0 Å². The summed E-state index contributed by atoms with van der Waals surface area (Å²) < 4.78 is 12.4. The quantitative estimate of drug-likeness (QED) is 0.477. The second kappa shape index (κ2) is 23.3. The molecule has 0 aliphatic heterocycles. The zero-order chi connectivity index (χ0) is 13.4. The predicted octanol–water partition coefficient (Wildman–Crippen LogP) is 6.29. The number of allylic oxidation sites excluding steroid dienone is 3. The Balaban J connectivity index is -0.0000000860. The molecule has 94 valence electrons. The molecule has 0 bridgehead atoms. The van der Waals surface area contributed by atoms with Gasteiger partial charge in [0.25, 0.3) is 0 Å². The van der Waals surface area contributed by atoms with E-state index < -0.39 is 0 Å². The van der Waals surface area contributed by atoms with Crippen molar-refractivity contribution in [1.29, 1.82) is 0 Å². The molecule has 0 aromatic rings. The van der Waals surface area contributed by atoms with Crippen LogP contribution in [0.4, 0.5) is 4.39 Å². The fraction of sp³-hybridized carbons (Fsp3) is 0.714. The van der Waals surface area contributed by atoms with E-state index in [4.69, 9.17) is 0 Å². The van der Waals surface area contributed by atoms with Gasteiger partial charge in [0.15, 0.2) is 0 Å². The maximum atomic E-state index is 12.4. The molecule has 0 spiro atoms. The fourth-order valence-electron chi connectivity index (χ4n) is 0.509. The molecule has 0 saturated heterocycles. The molecule has 0 aliphatic carbocycles. The molecule has 0 heterocycles. The van der Waals surface area contributed by atoms with Gasteiger partial charge in [0.05, 0.1) is 5.83 Å². The fourth-order valence-corrected chi connectivity index (χ4v) is 0.509.